The molecule has 0 aromatic carbocycles. The van der Waals surface area contributed by atoms with Gasteiger partial charge in [0.15, 0.2) is 8.32 Å². The molecule has 0 bridgehead atoms. The van der Waals surface area contributed by atoms with Gasteiger partial charge in [0.05, 0.1) is 6.10 Å². The van der Waals surface area contributed by atoms with Crippen LogP contribution in [-0.4, -0.2) is 33.9 Å². The molecule has 4 fully saturated rings. The Labute approximate surface area is 198 Å². The highest BCUT2D eigenvalue weighted by atomic mass is 28.4. The molecule has 0 unspecified atom stereocenters. The highest BCUT2D eigenvalue weighted by Crippen LogP contribution is 2.68. The van der Waals surface area contributed by atoms with E-state index >= 15 is 0 Å². The third-order valence-electron chi connectivity index (χ3n) is 10.8. The average molecular weight is 461 g/mol. The first-order valence-corrected chi connectivity index (χ1v) is 16.2. The van der Waals surface area contributed by atoms with Gasteiger partial charge in [0, 0.05) is 24.5 Å². The molecule has 0 radical (unpaired) electrons. The summed E-state index contributed by atoms with van der Waals surface area (Å²) in [5.41, 5.74) is 2.23. The maximum absolute atomic E-state index is 11.6. The zero-order valence-electron chi connectivity index (χ0n) is 22.0. The lowest BCUT2D eigenvalue weighted by Crippen LogP contribution is -2.44. The van der Waals surface area contributed by atoms with Crippen molar-refractivity contribution in [3.8, 4) is 0 Å². The van der Waals surface area contributed by atoms with E-state index in [1.165, 1.54) is 57.7 Å². The summed E-state index contributed by atoms with van der Waals surface area (Å²) < 4.78 is 13.1. The summed E-state index contributed by atoms with van der Waals surface area (Å²) >= 11 is 0. The lowest BCUT2D eigenvalue weighted by atomic mass is 9.61. The van der Waals surface area contributed by atoms with Crippen molar-refractivity contribution in [1.82, 2.24) is 0 Å². The van der Waals surface area contributed by atoms with Crippen molar-refractivity contribution in [1.29, 1.82) is 0 Å². The standard InChI is InChI=1S/C28H48O3Si/c1-19(18-29)23-11-12-24-20(10-9-13-27(23,24)5)14-25(30-6)28-16-21(28)15-22(17-28)31-32(7,8)26(2,3)4/h14,18-19,21-25H,9-13,15-17H2,1-8H3/b20-14+/t19-,21-,22+,23-,24+,25-,27-,28+/m1/s1. The van der Waals surface area contributed by atoms with Crippen molar-refractivity contribution in [2.75, 3.05) is 7.11 Å². The number of fused-ring (bicyclic) bond motifs is 2. The summed E-state index contributed by atoms with van der Waals surface area (Å²) in [5.74, 6) is 2.11. The van der Waals surface area contributed by atoms with Gasteiger partial charge in [-0.15, -0.1) is 0 Å². The van der Waals surface area contributed by atoms with E-state index in [0.717, 1.165) is 5.92 Å². The van der Waals surface area contributed by atoms with Crippen LogP contribution in [0.3, 0.4) is 0 Å². The van der Waals surface area contributed by atoms with Crippen molar-refractivity contribution < 1.29 is 14.0 Å². The quantitative estimate of drug-likeness (QED) is 0.229. The number of carbonyl (C=O) groups is 1. The van der Waals surface area contributed by atoms with Crippen molar-refractivity contribution in [3.05, 3.63) is 11.6 Å². The first-order valence-electron chi connectivity index (χ1n) is 13.2. The van der Waals surface area contributed by atoms with Crippen LogP contribution in [0.1, 0.15) is 86.0 Å². The molecule has 0 N–H and O–H groups in total. The van der Waals surface area contributed by atoms with Crippen LogP contribution in [0.15, 0.2) is 11.6 Å². The minimum absolute atomic E-state index is 0.178. The lowest BCUT2D eigenvalue weighted by molar-refractivity contribution is -0.113. The number of hydrogen-bond acceptors (Lipinski definition) is 3. The Morgan fingerprint density at radius 3 is 2.53 bits per heavy atom. The molecule has 4 aliphatic rings. The number of methoxy groups -OCH3 is 1. The number of rotatable bonds is 7. The van der Waals surface area contributed by atoms with Gasteiger partial charge in [-0.1, -0.05) is 46.3 Å². The van der Waals surface area contributed by atoms with Crippen molar-refractivity contribution >= 4 is 14.6 Å². The molecule has 182 valence electrons. The van der Waals surface area contributed by atoms with Gasteiger partial charge < -0.3 is 14.0 Å². The molecular weight excluding hydrogens is 412 g/mol. The third kappa shape index (κ3) is 4.00. The molecule has 32 heavy (non-hydrogen) atoms. The summed E-state index contributed by atoms with van der Waals surface area (Å²) in [5, 5.41) is 0.264. The number of carbonyl (C=O) groups excluding carboxylic acids is 1. The molecule has 0 aromatic heterocycles. The predicted octanol–water partition coefficient (Wildman–Crippen LogP) is 7.17. The van der Waals surface area contributed by atoms with Crippen LogP contribution in [0.4, 0.5) is 0 Å². The van der Waals surface area contributed by atoms with E-state index in [9.17, 15) is 4.79 Å². The second-order valence-corrected chi connectivity index (χ2v) is 18.3. The molecule has 0 amide bonds. The van der Waals surface area contributed by atoms with Crippen LogP contribution in [-0.2, 0) is 14.0 Å². The van der Waals surface area contributed by atoms with Gasteiger partial charge in [-0.2, -0.15) is 0 Å². The molecule has 0 aliphatic heterocycles. The van der Waals surface area contributed by atoms with Gasteiger partial charge in [-0.3, -0.25) is 0 Å². The Morgan fingerprint density at radius 2 is 1.91 bits per heavy atom. The highest BCUT2D eigenvalue weighted by molar-refractivity contribution is 6.74. The largest absolute Gasteiger partial charge is 0.414 e. The summed E-state index contributed by atoms with van der Waals surface area (Å²) in [7, 11) is 0.185. The van der Waals surface area contributed by atoms with Crippen LogP contribution in [0, 0.1) is 34.5 Å². The Kier molecular flexibility index (Phi) is 6.43. The average Bonchev–Trinajstić information content (AvgIpc) is 3.08. The van der Waals surface area contributed by atoms with Gasteiger partial charge in [0.25, 0.3) is 0 Å². The van der Waals surface area contributed by atoms with Gasteiger partial charge in [0.1, 0.15) is 6.29 Å². The summed E-state index contributed by atoms with van der Waals surface area (Å²) in [6.45, 7) is 16.4. The first kappa shape index (κ1) is 24.7. The van der Waals surface area contributed by atoms with Crippen molar-refractivity contribution in [2.45, 2.75) is 116 Å². The normalized spacial score (nSPS) is 42.4. The molecule has 8 atom stereocenters. The van der Waals surface area contributed by atoms with Crippen molar-refractivity contribution in [2.24, 2.45) is 34.5 Å². The Bertz CT molecular complexity index is 752. The third-order valence-corrected chi connectivity index (χ3v) is 15.3. The Morgan fingerprint density at radius 1 is 1.19 bits per heavy atom. The molecule has 0 heterocycles. The van der Waals surface area contributed by atoms with Crippen molar-refractivity contribution in [3.63, 3.8) is 0 Å². The van der Waals surface area contributed by atoms with E-state index in [2.05, 4.69) is 53.8 Å². The minimum atomic E-state index is -1.73. The highest BCUT2D eigenvalue weighted by Gasteiger charge is 2.65. The Hall–Kier alpha value is -0.453. The molecule has 0 spiro atoms. The minimum Gasteiger partial charge on any atom is -0.414 e. The van der Waals surface area contributed by atoms with E-state index in [-0.39, 0.29) is 22.5 Å². The fourth-order valence-electron chi connectivity index (χ4n) is 7.84. The smallest absolute Gasteiger partial charge is 0.192 e. The van der Waals surface area contributed by atoms with Crippen LogP contribution >= 0.6 is 0 Å². The number of hydrogen-bond donors (Lipinski definition) is 0. The van der Waals surface area contributed by atoms with Gasteiger partial charge in [-0.25, -0.2) is 0 Å². The second-order valence-electron chi connectivity index (χ2n) is 13.6. The maximum atomic E-state index is 11.6. The lowest BCUT2D eigenvalue weighted by Gasteiger charge is -2.44. The van der Waals surface area contributed by atoms with Crippen LogP contribution in [0.5, 0.6) is 0 Å². The second kappa shape index (κ2) is 8.34. The van der Waals surface area contributed by atoms with E-state index < -0.39 is 8.32 Å². The zero-order chi connectivity index (χ0) is 23.5. The number of ether oxygens (including phenoxy) is 1. The molecule has 0 aromatic rings. The predicted molar refractivity (Wildman–Crippen MR) is 134 cm³/mol. The van der Waals surface area contributed by atoms with E-state index in [1.807, 2.05) is 7.11 Å². The van der Waals surface area contributed by atoms with Gasteiger partial charge in [0.2, 0.25) is 0 Å². The Balaban J connectivity index is 1.50. The van der Waals surface area contributed by atoms with Gasteiger partial charge in [-0.05, 0) is 92.7 Å². The molecular formula is C28H48O3Si. The van der Waals surface area contributed by atoms with Gasteiger partial charge >= 0.3 is 0 Å². The first-order chi connectivity index (χ1) is 14.9. The molecule has 4 heteroatoms. The monoisotopic (exact) mass is 460 g/mol. The molecule has 4 saturated carbocycles. The van der Waals surface area contributed by atoms with E-state index in [4.69, 9.17) is 9.16 Å². The van der Waals surface area contributed by atoms with Crippen LogP contribution in [0.2, 0.25) is 18.1 Å². The SMILES string of the molecule is CO[C@H](/C=C1\CCC[C@]2(C)[C@@H]([C@H](C)C=O)CC[C@@H]12)[C@@]12C[C@@H](O[Si](C)(C)C(C)(C)C)C[C@@H]1C2. The fraction of sp³-hybridized carbons (Fsp3) is 0.893. The maximum Gasteiger partial charge on any atom is 0.192 e. The summed E-state index contributed by atoms with van der Waals surface area (Å²) in [6, 6.07) is 0. The number of aldehydes is 1. The molecule has 4 aliphatic carbocycles. The summed E-state index contributed by atoms with van der Waals surface area (Å²) in [4.78, 5) is 11.6. The number of allylic oxidation sites excluding steroid dienone is 1. The van der Waals surface area contributed by atoms with E-state index in [1.54, 1.807) is 5.57 Å². The molecule has 3 nitrogen and oxygen atoms in total. The summed E-state index contributed by atoms with van der Waals surface area (Å²) in [6.07, 6.45) is 14.3. The topological polar surface area (TPSA) is 35.5 Å². The molecule has 0 saturated heterocycles. The zero-order valence-corrected chi connectivity index (χ0v) is 23.0. The van der Waals surface area contributed by atoms with Crippen LogP contribution in [0.25, 0.3) is 0 Å². The van der Waals surface area contributed by atoms with E-state index in [0.29, 0.717) is 23.4 Å². The fourth-order valence-corrected chi connectivity index (χ4v) is 9.21. The molecule has 4 rings (SSSR count). The van der Waals surface area contributed by atoms with Crippen LogP contribution < -0.4 is 0 Å².